The van der Waals surface area contributed by atoms with E-state index in [1.54, 1.807) is 23.6 Å². The molecule has 1 aliphatic heterocycles. The predicted molar refractivity (Wildman–Crippen MR) is 140 cm³/mol. The van der Waals surface area contributed by atoms with Crippen LogP contribution in [0.25, 0.3) is 17.0 Å². The van der Waals surface area contributed by atoms with Gasteiger partial charge in [0, 0.05) is 45.2 Å². The van der Waals surface area contributed by atoms with E-state index < -0.39 is 16.5 Å². The fourth-order valence-corrected chi connectivity index (χ4v) is 4.35. The molecule has 198 valence electrons. The first-order chi connectivity index (χ1) is 18.0. The summed E-state index contributed by atoms with van der Waals surface area (Å²) in [5.74, 6) is -1.07. The Morgan fingerprint density at radius 3 is 2.37 bits per heavy atom. The summed E-state index contributed by atoms with van der Waals surface area (Å²) in [6.45, 7) is 6.60. The van der Waals surface area contributed by atoms with Crippen molar-refractivity contribution in [1.82, 2.24) is 4.90 Å². The molecule has 0 saturated carbocycles. The fourth-order valence-electron chi connectivity index (χ4n) is 4.35. The van der Waals surface area contributed by atoms with Crippen molar-refractivity contribution in [3.63, 3.8) is 0 Å². The average molecular weight is 523 g/mol. The van der Waals surface area contributed by atoms with E-state index in [1.165, 1.54) is 55.5 Å². The summed E-state index contributed by atoms with van der Waals surface area (Å²) in [4.78, 5) is 38.2. The third kappa shape index (κ3) is 5.56. The van der Waals surface area contributed by atoms with Gasteiger partial charge in [-0.1, -0.05) is 6.08 Å². The van der Waals surface area contributed by atoms with E-state index in [2.05, 4.69) is 0 Å². The van der Waals surface area contributed by atoms with Crippen molar-refractivity contribution in [2.45, 2.75) is 26.9 Å². The number of aromatic nitrogens is 1. The average Bonchev–Trinajstić information content (AvgIpc) is 2.86. The fraction of sp³-hybridized carbons (Fsp3) is 0.296. The number of allylic oxidation sites excluding steroid dienone is 1. The maximum Gasteiger partial charge on any atom is 0.269 e. The highest BCUT2D eigenvalue weighted by Gasteiger charge is 2.30. The largest absolute Gasteiger partial charge is 0.618 e. The van der Waals surface area contributed by atoms with Crippen LogP contribution in [0, 0.1) is 21.1 Å². The number of hydrogen-bond donors (Lipinski definition) is 0. The van der Waals surface area contributed by atoms with E-state index in [9.17, 15) is 24.9 Å². The minimum Gasteiger partial charge on any atom is -0.618 e. The second-order valence-electron chi connectivity index (χ2n) is 9.23. The van der Waals surface area contributed by atoms with E-state index in [0.717, 1.165) is 6.20 Å². The van der Waals surface area contributed by atoms with Crippen LogP contribution in [0.5, 0.6) is 5.75 Å². The number of hydrogen-bond acceptors (Lipinski definition) is 7. The van der Waals surface area contributed by atoms with E-state index in [0.29, 0.717) is 36.5 Å². The highest BCUT2D eigenvalue weighted by Crippen LogP contribution is 2.39. The molecule has 4 rings (SSSR count). The molecule has 2 aromatic carbocycles. The van der Waals surface area contributed by atoms with Crippen LogP contribution < -0.4 is 14.4 Å². The van der Waals surface area contributed by atoms with E-state index >= 15 is 4.39 Å². The molecule has 0 N–H and O–H groups in total. The van der Waals surface area contributed by atoms with E-state index in [4.69, 9.17) is 4.74 Å². The van der Waals surface area contributed by atoms with Crippen LogP contribution >= 0.6 is 0 Å². The Kier molecular flexibility index (Phi) is 7.56. The lowest BCUT2D eigenvalue weighted by atomic mass is 10.1. The number of benzene rings is 2. The number of piperazine rings is 1. The van der Waals surface area contributed by atoms with Crippen LogP contribution in [0.2, 0.25) is 0 Å². The Balaban J connectivity index is 1.69. The third-order valence-electron chi connectivity index (χ3n) is 6.21. The lowest BCUT2D eigenvalue weighted by Crippen LogP contribution is -2.48. The van der Waals surface area contributed by atoms with Gasteiger partial charge in [0.25, 0.3) is 11.2 Å². The van der Waals surface area contributed by atoms with E-state index in [1.807, 2.05) is 0 Å². The van der Waals surface area contributed by atoms with Crippen molar-refractivity contribution < 1.29 is 28.4 Å². The number of non-ortho nitro benzene ring substituents is 1. The molecule has 1 fully saturated rings. The summed E-state index contributed by atoms with van der Waals surface area (Å²) in [5.41, 5.74) is 0.782. The van der Waals surface area contributed by atoms with Crippen molar-refractivity contribution in [2.24, 2.45) is 0 Å². The van der Waals surface area contributed by atoms with Gasteiger partial charge in [-0.05, 0) is 49.8 Å². The second-order valence-corrected chi connectivity index (χ2v) is 9.23. The maximum absolute atomic E-state index is 15.5. The van der Waals surface area contributed by atoms with Crippen LogP contribution in [0.4, 0.5) is 15.8 Å². The lowest BCUT2D eigenvalue weighted by molar-refractivity contribution is -0.577. The van der Waals surface area contributed by atoms with Gasteiger partial charge in [-0.25, -0.2) is 4.39 Å². The van der Waals surface area contributed by atoms with Gasteiger partial charge in [0.1, 0.15) is 5.69 Å². The first-order valence-electron chi connectivity index (χ1n) is 12.1. The van der Waals surface area contributed by atoms with E-state index in [-0.39, 0.29) is 45.6 Å². The number of fused-ring (bicyclic) bond motifs is 1. The monoisotopic (exact) mass is 522 g/mol. The number of carbonyl (C=O) groups excluding carboxylic acids is 2. The standard InChI is InChI=1S/C27H27FN4O6/c1-17(2)38-27-25-20(15-23(28)26(27)30-12-10-29(11-13-30)18(3)33)14-21(16-31(25)35)24(34)9-6-19-4-7-22(8-5-19)32(36)37/h4-9,14-17H,10-13H2,1-3H3. The zero-order valence-corrected chi connectivity index (χ0v) is 21.2. The zero-order chi connectivity index (χ0) is 27.6. The Bertz CT molecular complexity index is 1430. The summed E-state index contributed by atoms with van der Waals surface area (Å²) in [7, 11) is 0. The first kappa shape index (κ1) is 26.5. The second kappa shape index (κ2) is 10.8. The number of rotatable bonds is 7. The number of nitro groups is 1. The van der Waals surface area contributed by atoms with Crippen LogP contribution in [-0.2, 0) is 4.79 Å². The number of halogens is 1. The Hall–Kier alpha value is -4.54. The molecule has 0 unspecified atom stereocenters. The van der Waals surface area contributed by atoms with Gasteiger partial charge in [-0.3, -0.25) is 19.7 Å². The van der Waals surface area contributed by atoms with Crippen LogP contribution in [0.15, 0.2) is 48.7 Å². The summed E-state index contributed by atoms with van der Waals surface area (Å²) in [5, 5.41) is 24.2. The van der Waals surface area contributed by atoms with Crippen molar-refractivity contribution in [2.75, 3.05) is 31.1 Å². The topological polar surface area (TPSA) is 120 Å². The quantitative estimate of drug-likeness (QED) is 0.115. The smallest absolute Gasteiger partial charge is 0.269 e. The molecule has 10 nitrogen and oxygen atoms in total. The molecule has 1 amide bonds. The Morgan fingerprint density at radius 1 is 1.13 bits per heavy atom. The Morgan fingerprint density at radius 2 is 1.79 bits per heavy atom. The summed E-state index contributed by atoms with van der Waals surface area (Å²) < 4.78 is 22.0. The molecular formula is C27H27FN4O6. The van der Waals surface area contributed by atoms with Crippen LogP contribution in [0.3, 0.4) is 0 Å². The molecule has 1 saturated heterocycles. The van der Waals surface area contributed by atoms with Crippen LogP contribution in [0.1, 0.15) is 36.7 Å². The number of nitrogens with zero attached hydrogens (tertiary/aromatic N) is 4. The van der Waals surface area contributed by atoms with Crippen molar-refractivity contribution in [3.8, 4) is 5.75 Å². The Labute approximate surface area is 218 Å². The van der Waals surface area contributed by atoms with Gasteiger partial charge >= 0.3 is 0 Å². The van der Waals surface area contributed by atoms with Gasteiger partial charge in [0.2, 0.25) is 11.7 Å². The minimum atomic E-state index is -0.601. The van der Waals surface area contributed by atoms with Gasteiger partial charge in [-0.2, -0.15) is 4.73 Å². The molecule has 0 bridgehead atoms. The number of nitro benzene ring substituents is 1. The molecule has 0 aliphatic carbocycles. The molecule has 38 heavy (non-hydrogen) atoms. The maximum atomic E-state index is 15.5. The van der Waals surface area contributed by atoms with Crippen molar-refractivity contribution >= 4 is 40.0 Å². The number of carbonyl (C=O) groups is 2. The highest BCUT2D eigenvalue weighted by molar-refractivity contribution is 6.08. The highest BCUT2D eigenvalue weighted by atomic mass is 19.1. The van der Waals surface area contributed by atoms with Gasteiger partial charge < -0.3 is 19.7 Å². The zero-order valence-electron chi connectivity index (χ0n) is 21.2. The number of ether oxygens (including phenoxy) is 1. The number of ketones is 1. The molecule has 0 radical (unpaired) electrons. The molecule has 11 heteroatoms. The third-order valence-corrected chi connectivity index (χ3v) is 6.21. The summed E-state index contributed by atoms with van der Waals surface area (Å²) >= 11 is 0. The van der Waals surface area contributed by atoms with Crippen molar-refractivity contribution in [3.05, 3.63) is 80.9 Å². The molecule has 2 heterocycles. The van der Waals surface area contributed by atoms with Crippen molar-refractivity contribution in [1.29, 1.82) is 0 Å². The number of pyridine rings is 1. The minimum absolute atomic E-state index is 0.0448. The lowest BCUT2D eigenvalue weighted by Gasteiger charge is -2.36. The molecule has 0 atom stereocenters. The molecular weight excluding hydrogens is 495 g/mol. The predicted octanol–water partition coefficient (Wildman–Crippen LogP) is 3.87. The summed E-state index contributed by atoms with van der Waals surface area (Å²) in [6, 6.07) is 8.28. The van der Waals surface area contributed by atoms with Gasteiger partial charge in [0.15, 0.2) is 17.8 Å². The summed E-state index contributed by atoms with van der Waals surface area (Å²) in [6.07, 6.45) is 3.48. The number of amides is 1. The first-order valence-corrected chi connectivity index (χ1v) is 12.1. The molecule has 1 aliphatic rings. The molecule has 0 spiro atoms. The van der Waals surface area contributed by atoms with Gasteiger partial charge in [-0.15, -0.1) is 0 Å². The normalized spacial score (nSPS) is 13.9. The molecule has 3 aromatic rings. The van der Waals surface area contributed by atoms with Crippen LogP contribution in [-0.4, -0.2) is 53.8 Å². The van der Waals surface area contributed by atoms with Gasteiger partial charge in [0.05, 0.1) is 22.0 Å². The molecule has 1 aromatic heterocycles. The SMILES string of the molecule is CC(=O)N1CCN(c2c(F)cc3cc(C(=O)C=Cc4ccc([N+](=O)[O-])cc4)c[n+]([O-])c3c2OC(C)C)CC1. The number of anilines is 1.